The Balaban J connectivity index is 1.41. The number of likely N-dealkylation sites (tertiary alicyclic amines) is 1. The van der Waals surface area contributed by atoms with Gasteiger partial charge in [-0.15, -0.1) is 0 Å². The normalized spacial score (nSPS) is 21.0. The summed E-state index contributed by atoms with van der Waals surface area (Å²) in [7, 11) is 0. The molecule has 2 heterocycles. The monoisotopic (exact) mass is 373 g/mol. The van der Waals surface area contributed by atoms with Crippen LogP contribution in [0.25, 0.3) is 0 Å². The highest BCUT2D eigenvalue weighted by Crippen LogP contribution is 2.19. The van der Waals surface area contributed by atoms with E-state index in [1.807, 2.05) is 16.8 Å². The van der Waals surface area contributed by atoms with E-state index < -0.39 is 0 Å². The first-order chi connectivity index (χ1) is 12.2. The summed E-state index contributed by atoms with van der Waals surface area (Å²) in [6.45, 7) is 11.5. The van der Waals surface area contributed by atoms with Crippen molar-refractivity contribution in [1.82, 2.24) is 14.1 Å². The number of amides is 1. The molecule has 2 rings (SSSR count). The molecule has 0 aliphatic carbocycles. The van der Waals surface area contributed by atoms with Gasteiger partial charge in [0.05, 0.1) is 19.8 Å². The van der Waals surface area contributed by atoms with Gasteiger partial charge in [0.2, 0.25) is 5.91 Å². The molecule has 0 spiro atoms. The highest BCUT2D eigenvalue weighted by atomic mass is 32.2. The predicted molar refractivity (Wildman–Crippen MR) is 103 cm³/mol. The Bertz CT molecular complexity index is 371. The molecule has 25 heavy (non-hydrogen) atoms. The number of piperidine rings is 1. The van der Waals surface area contributed by atoms with Crippen molar-refractivity contribution in [2.24, 2.45) is 5.92 Å². The topological polar surface area (TPSA) is 45.3 Å². The molecule has 2 fully saturated rings. The molecule has 2 saturated heterocycles. The second-order valence-electron chi connectivity index (χ2n) is 6.85. The first-order valence-corrected chi connectivity index (χ1v) is 10.9. The molecule has 146 valence electrons. The Morgan fingerprint density at radius 1 is 1.00 bits per heavy atom. The molecule has 2 aliphatic heterocycles. The van der Waals surface area contributed by atoms with Gasteiger partial charge >= 0.3 is 0 Å². The van der Waals surface area contributed by atoms with Crippen LogP contribution in [0.15, 0.2) is 0 Å². The minimum Gasteiger partial charge on any atom is -0.378 e. The summed E-state index contributed by atoms with van der Waals surface area (Å²) in [6, 6.07) is 0. The number of rotatable bonds is 10. The number of hydrogen-bond acceptors (Lipinski definition) is 6. The Hall–Kier alpha value is -0.340. The lowest BCUT2D eigenvalue weighted by atomic mass is 9.94. The molecule has 7 heteroatoms. The quantitative estimate of drug-likeness (QED) is 0.428. The van der Waals surface area contributed by atoms with Crippen LogP contribution in [-0.2, 0) is 14.3 Å². The fourth-order valence-electron chi connectivity index (χ4n) is 3.39. The van der Waals surface area contributed by atoms with Crippen molar-refractivity contribution in [3.63, 3.8) is 0 Å². The van der Waals surface area contributed by atoms with Crippen molar-refractivity contribution in [3.8, 4) is 0 Å². The van der Waals surface area contributed by atoms with Gasteiger partial charge in [-0.05, 0) is 25.0 Å². The summed E-state index contributed by atoms with van der Waals surface area (Å²) in [5.74, 6) is 0.920. The number of carbonyl (C=O) groups excluding carboxylic acids is 1. The highest BCUT2D eigenvalue weighted by Gasteiger charge is 2.21. The van der Waals surface area contributed by atoms with E-state index in [9.17, 15) is 4.79 Å². The number of ether oxygens (including phenoxy) is 2. The first kappa shape index (κ1) is 21.0. The van der Waals surface area contributed by atoms with E-state index in [4.69, 9.17) is 9.47 Å². The lowest BCUT2D eigenvalue weighted by Crippen LogP contribution is -2.44. The van der Waals surface area contributed by atoms with Gasteiger partial charge in [-0.2, -0.15) is 0 Å². The van der Waals surface area contributed by atoms with Crippen LogP contribution in [0.1, 0.15) is 26.2 Å². The second kappa shape index (κ2) is 12.1. The van der Waals surface area contributed by atoms with Gasteiger partial charge in [0.15, 0.2) is 0 Å². The highest BCUT2D eigenvalue weighted by molar-refractivity contribution is 7.96. The van der Waals surface area contributed by atoms with Crippen molar-refractivity contribution in [2.75, 3.05) is 78.5 Å². The summed E-state index contributed by atoms with van der Waals surface area (Å²) in [5.41, 5.74) is 0. The van der Waals surface area contributed by atoms with Crippen LogP contribution in [0.5, 0.6) is 0 Å². The summed E-state index contributed by atoms with van der Waals surface area (Å²) in [6.07, 6.45) is 5.63. The molecule has 0 saturated carbocycles. The van der Waals surface area contributed by atoms with Crippen molar-refractivity contribution in [2.45, 2.75) is 26.2 Å². The van der Waals surface area contributed by atoms with Crippen LogP contribution in [0, 0.1) is 5.92 Å². The smallest absolute Gasteiger partial charge is 0.248 e. The van der Waals surface area contributed by atoms with E-state index in [0.29, 0.717) is 13.2 Å². The zero-order chi connectivity index (χ0) is 17.9. The Labute approximate surface area is 157 Å². The molecule has 0 radical (unpaired) electrons. The maximum atomic E-state index is 12.1. The molecule has 6 nitrogen and oxygen atoms in total. The molecular formula is C18H35N3O3S. The lowest BCUT2D eigenvalue weighted by Gasteiger charge is -2.33. The molecule has 1 amide bonds. The van der Waals surface area contributed by atoms with Crippen LogP contribution in [0.3, 0.4) is 0 Å². The fourth-order valence-corrected chi connectivity index (χ4v) is 3.92. The molecular weight excluding hydrogens is 338 g/mol. The molecule has 0 aromatic rings. The second-order valence-corrected chi connectivity index (χ2v) is 7.73. The minimum atomic E-state index is 0.126. The maximum Gasteiger partial charge on any atom is 0.248 e. The third-order valence-corrected chi connectivity index (χ3v) is 6.16. The Morgan fingerprint density at radius 3 is 2.32 bits per heavy atom. The molecule has 0 aromatic heterocycles. The van der Waals surface area contributed by atoms with Gasteiger partial charge in [-0.3, -0.25) is 9.69 Å². The van der Waals surface area contributed by atoms with Gasteiger partial charge in [-0.1, -0.05) is 25.3 Å². The van der Waals surface area contributed by atoms with Crippen LogP contribution < -0.4 is 0 Å². The molecule has 0 aromatic carbocycles. The number of carbonyl (C=O) groups is 1. The van der Waals surface area contributed by atoms with E-state index in [1.165, 1.54) is 6.42 Å². The number of nitrogens with zero attached hydrogens (tertiary/aromatic N) is 3. The SMILES string of the molecule is CCC1CCN(C(=O)COCCOCCN2CCN(SC)CC2)CC1. The Kier molecular flexibility index (Phi) is 10.2. The van der Waals surface area contributed by atoms with Crippen molar-refractivity contribution >= 4 is 17.9 Å². The van der Waals surface area contributed by atoms with Gasteiger partial charge < -0.3 is 14.4 Å². The number of piperazine rings is 1. The van der Waals surface area contributed by atoms with Crippen molar-refractivity contribution in [3.05, 3.63) is 0 Å². The van der Waals surface area contributed by atoms with Gasteiger partial charge in [0.1, 0.15) is 6.61 Å². The zero-order valence-corrected chi connectivity index (χ0v) is 16.8. The van der Waals surface area contributed by atoms with Crippen LogP contribution in [0.4, 0.5) is 0 Å². The van der Waals surface area contributed by atoms with Crippen LogP contribution in [-0.4, -0.2) is 98.5 Å². The van der Waals surface area contributed by atoms with Crippen LogP contribution in [0.2, 0.25) is 0 Å². The van der Waals surface area contributed by atoms with Gasteiger partial charge in [0.25, 0.3) is 0 Å². The third-order valence-electron chi connectivity index (χ3n) is 5.28. The molecule has 0 unspecified atom stereocenters. The van der Waals surface area contributed by atoms with Gasteiger partial charge in [-0.25, -0.2) is 4.31 Å². The minimum absolute atomic E-state index is 0.126. The number of hydrogen-bond donors (Lipinski definition) is 0. The first-order valence-electron chi connectivity index (χ1n) is 9.67. The van der Waals surface area contributed by atoms with Crippen molar-refractivity contribution in [1.29, 1.82) is 0 Å². The summed E-state index contributed by atoms with van der Waals surface area (Å²) >= 11 is 1.83. The Morgan fingerprint density at radius 2 is 1.68 bits per heavy atom. The fraction of sp³-hybridized carbons (Fsp3) is 0.944. The molecule has 2 aliphatic rings. The van der Waals surface area contributed by atoms with E-state index in [2.05, 4.69) is 22.4 Å². The maximum absolute atomic E-state index is 12.1. The van der Waals surface area contributed by atoms with E-state index in [-0.39, 0.29) is 12.5 Å². The van der Waals surface area contributed by atoms with E-state index >= 15 is 0 Å². The zero-order valence-electron chi connectivity index (χ0n) is 16.0. The lowest BCUT2D eigenvalue weighted by molar-refractivity contribution is -0.138. The van der Waals surface area contributed by atoms with E-state index in [0.717, 1.165) is 71.2 Å². The molecule has 0 bridgehead atoms. The van der Waals surface area contributed by atoms with Crippen molar-refractivity contribution < 1.29 is 14.3 Å². The predicted octanol–water partition coefficient (Wildman–Crippen LogP) is 1.56. The molecule has 0 atom stereocenters. The summed E-state index contributed by atoms with van der Waals surface area (Å²) < 4.78 is 13.5. The summed E-state index contributed by atoms with van der Waals surface area (Å²) in [4.78, 5) is 16.5. The largest absolute Gasteiger partial charge is 0.378 e. The standard InChI is InChI=1S/C18H35N3O3S/c1-3-17-4-6-20(7-5-17)18(22)16-24-15-14-23-13-12-19-8-10-21(25-2)11-9-19/h17H,3-16H2,1-2H3. The van der Waals surface area contributed by atoms with E-state index in [1.54, 1.807) is 0 Å². The molecule has 0 N–H and O–H groups in total. The third kappa shape index (κ3) is 7.83. The average Bonchev–Trinajstić information content (AvgIpc) is 2.67. The summed E-state index contributed by atoms with van der Waals surface area (Å²) in [5, 5.41) is 0. The van der Waals surface area contributed by atoms with Crippen LogP contribution >= 0.6 is 11.9 Å². The van der Waals surface area contributed by atoms with Gasteiger partial charge in [0, 0.05) is 45.8 Å². The average molecular weight is 374 g/mol.